The summed E-state index contributed by atoms with van der Waals surface area (Å²) < 4.78 is 1.87. The molecule has 0 unspecified atom stereocenters. The van der Waals surface area contributed by atoms with Crippen LogP contribution in [0.5, 0.6) is 0 Å². The summed E-state index contributed by atoms with van der Waals surface area (Å²) in [5.74, 6) is 0. The van der Waals surface area contributed by atoms with E-state index >= 15 is 0 Å². The summed E-state index contributed by atoms with van der Waals surface area (Å²) in [5, 5.41) is 8.00. The molecule has 0 radical (unpaired) electrons. The van der Waals surface area contributed by atoms with E-state index in [0.29, 0.717) is 6.02 Å². The van der Waals surface area contributed by atoms with E-state index in [1.54, 1.807) is 0 Å². The highest BCUT2D eigenvalue weighted by atomic mass is 19.0. The van der Waals surface area contributed by atoms with Crippen LogP contribution in [-0.4, -0.2) is 67.3 Å². The highest BCUT2D eigenvalue weighted by Crippen LogP contribution is 2.08. The van der Waals surface area contributed by atoms with Crippen molar-refractivity contribution in [1.29, 1.82) is 0 Å². The third-order valence-corrected chi connectivity index (χ3v) is 2.25. The number of aromatic nitrogens is 3. The maximum atomic E-state index is 5.70. The van der Waals surface area contributed by atoms with Gasteiger partial charge in [0.15, 0.2) is 0 Å². The van der Waals surface area contributed by atoms with Crippen molar-refractivity contribution >= 4 is 25.5 Å². The largest absolute Gasteiger partial charge is 1.00 e. The van der Waals surface area contributed by atoms with Gasteiger partial charge in [0.2, 0.25) is 0 Å². The average Bonchev–Trinajstić information content (AvgIpc) is 2.68. The molecule has 128 valence electrons. The molecule has 0 atom stereocenters. The highest BCUT2D eigenvalue weighted by Gasteiger charge is 2.17. The highest BCUT2D eigenvalue weighted by molar-refractivity contribution is 5.76. The monoisotopic (exact) mass is 327 g/mol. The lowest BCUT2D eigenvalue weighted by atomic mass is 10.3. The summed E-state index contributed by atoms with van der Waals surface area (Å²) in [5.41, 5.74) is 1.65. The van der Waals surface area contributed by atoms with Gasteiger partial charge in [-0.3, -0.25) is 19.0 Å². The number of rotatable bonds is 1. The molecule has 0 saturated carbocycles. The topological polar surface area (TPSA) is 46.2 Å². The summed E-state index contributed by atoms with van der Waals surface area (Å²) in [6.07, 6.45) is 0. The second kappa shape index (κ2) is 11.3. The Morgan fingerprint density at radius 2 is 1.68 bits per heavy atom. The molecule has 0 fully saturated rings. The Bertz CT molecular complexity index is 574. The summed E-state index contributed by atoms with van der Waals surface area (Å²) >= 11 is 0. The van der Waals surface area contributed by atoms with Gasteiger partial charge in [-0.25, -0.2) is 9.48 Å². The van der Waals surface area contributed by atoms with E-state index in [0.717, 1.165) is 11.0 Å². The third kappa shape index (κ3) is 5.58. The molecular weight excluding hydrogens is 305 g/mol. The summed E-state index contributed by atoms with van der Waals surface area (Å²) in [7, 11) is 7.64. The Balaban J connectivity index is -0.000000324. The normalized spacial score (nSPS) is 8.00. The zero-order valence-electron chi connectivity index (χ0n) is 12.1. The molecule has 22 heavy (non-hydrogen) atoms. The van der Waals surface area contributed by atoms with Crippen LogP contribution in [0, 0.1) is 0 Å². The fraction of sp³-hybridized carbons (Fsp3) is 0.364. The van der Waals surface area contributed by atoms with Crippen molar-refractivity contribution < 1.29 is 28.2 Å². The van der Waals surface area contributed by atoms with E-state index in [-0.39, 0.29) is 27.2 Å². The van der Waals surface area contributed by atoms with Gasteiger partial charge < -0.3 is 4.70 Å². The van der Waals surface area contributed by atoms with Gasteiger partial charge in [0.1, 0.15) is 11.0 Å². The molecule has 11 heteroatoms. The van der Waals surface area contributed by atoms with E-state index in [4.69, 9.17) is 4.84 Å². The van der Waals surface area contributed by atoms with E-state index in [9.17, 15) is 0 Å². The van der Waals surface area contributed by atoms with E-state index < -0.39 is 0 Å². The Morgan fingerprint density at radius 3 is 2.18 bits per heavy atom. The van der Waals surface area contributed by atoms with Crippen molar-refractivity contribution in [3.63, 3.8) is 0 Å². The Kier molecular flexibility index (Phi) is 14.4. The van der Waals surface area contributed by atoms with Crippen molar-refractivity contribution in [3.05, 3.63) is 24.3 Å². The minimum atomic E-state index is 0. The standard InChI is InChI=1S/C11H16N5O.BH3.4FH/c1-14(2)11(15(3)4)17-16-10-8-6-5-7-9(10)12-13-16;;;;;/h5-8H,1-4H3;1H3;4*1H/q+1;;;;;/p-1. The van der Waals surface area contributed by atoms with Crippen LogP contribution in [0.25, 0.3) is 11.0 Å². The minimum absolute atomic E-state index is 0. The molecule has 1 aromatic carbocycles. The second-order valence-electron chi connectivity index (χ2n) is 4.11. The number of hydrogen-bond donors (Lipinski definition) is 0. The maximum absolute atomic E-state index is 5.70. The fourth-order valence-corrected chi connectivity index (χ4v) is 1.56. The predicted molar refractivity (Wildman–Crippen MR) is 82.4 cm³/mol. The number of nitrogens with zero attached hydrogens (tertiary/aromatic N) is 5. The Morgan fingerprint density at radius 1 is 1.14 bits per heavy atom. The lowest BCUT2D eigenvalue weighted by Gasteiger charge is -2.10. The number of hydrogen-bond acceptors (Lipinski definition) is 3. The van der Waals surface area contributed by atoms with Crippen molar-refractivity contribution in [2.75, 3.05) is 28.2 Å². The van der Waals surface area contributed by atoms with Gasteiger partial charge in [-0.2, -0.15) is 0 Å². The molecular formula is C11H22BF4N5O. The van der Waals surface area contributed by atoms with Gasteiger partial charge in [-0.05, 0) is 17.3 Å². The SMILES string of the molecule is B.CN(C)C(On1nnc2ccccc21)=[N+](C)C.F.F.F.[F-]. The molecule has 0 saturated heterocycles. The molecule has 0 aliphatic heterocycles. The third-order valence-electron chi connectivity index (χ3n) is 2.25. The van der Waals surface area contributed by atoms with Crippen LogP contribution in [0.2, 0.25) is 0 Å². The van der Waals surface area contributed by atoms with Gasteiger partial charge >= 0.3 is 6.02 Å². The van der Waals surface area contributed by atoms with Crippen molar-refractivity contribution in [3.8, 4) is 0 Å². The van der Waals surface area contributed by atoms with Crippen molar-refractivity contribution in [2.24, 2.45) is 0 Å². The van der Waals surface area contributed by atoms with Crippen LogP contribution in [0.3, 0.4) is 0 Å². The maximum Gasteiger partial charge on any atom is 0.471 e. The predicted octanol–water partition coefficient (Wildman–Crippen LogP) is -3.67. The van der Waals surface area contributed by atoms with Crippen LogP contribution in [0.1, 0.15) is 0 Å². The lowest BCUT2D eigenvalue weighted by molar-refractivity contribution is -0.480. The Labute approximate surface area is 127 Å². The zero-order valence-corrected chi connectivity index (χ0v) is 12.1. The molecule has 2 aromatic rings. The molecule has 0 amide bonds. The van der Waals surface area contributed by atoms with Gasteiger partial charge in [-0.15, -0.1) is 5.10 Å². The molecule has 1 aromatic heterocycles. The van der Waals surface area contributed by atoms with Gasteiger partial charge in [-0.1, -0.05) is 17.0 Å². The average molecular weight is 327 g/mol. The molecule has 0 aliphatic rings. The van der Waals surface area contributed by atoms with Crippen LogP contribution >= 0.6 is 0 Å². The molecule has 0 aliphatic carbocycles. The summed E-state index contributed by atoms with van der Waals surface area (Å²) in [4.78, 5) is 8.99. The van der Waals surface area contributed by atoms with E-state index in [2.05, 4.69) is 10.3 Å². The molecule has 0 N–H and O–H groups in total. The number of halogens is 4. The van der Waals surface area contributed by atoms with E-state index in [1.807, 2.05) is 61.9 Å². The fourth-order valence-electron chi connectivity index (χ4n) is 1.56. The molecule has 0 spiro atoms. The first-order valence-corrected chi connectivity index (χ1v) is 5.30. The first-order chi connectivity index (χ1) is 8.09. The zero-order chi connectivity index (χ0) is 12.4. The van der Waals surface area contributed by atoms with Crippen molar-refractivity contribution in [1.82, 2.24) is 20.1 Å². The van der Waals surface area contributed by atoms with Crippen LogP contribution in [0.4, 0.5) is 14.1 Å². The smallest absolute Gasteiger partial charge is 0.471 e. The van der Waals surface area contributed by atoms with Gasteiger partial charge in [0.05, 0.1) is 36.6 Å². The summed E-state index contributed by atoms with van der Waals surface area (Å²) in [6.45, 7) is 0. The van der Waals surface area contributed by atoms with Gasteiger partial charge in [0, 0.05) is 0 Å². The second-order valence-corrected chi connectivity index (χ2v) is 4.11. The van der Waals surface area contributed by atoms with E-state index in [1.165, 1.54) is 4.85 Å². The first kappa shape index (κ1) is 27.9. The van der Waals surface area contributed by atoms with Crippen LogP contribution in [0.15, 0.2) is 24.3 Å². The number of benzene rings is 1. The molecule has 0 bridgehead atoms. The molecule has 6 nitrogen and oxygen atoms in total. The first-order valence-electron chi connectivity index (χ1n) is 5.30. The summed E-state index contributed by atoms with van der Waals surface area (Å²) in [6, 6.07) is 8.34. The van der Waals surface area contributed by atoms with Crippen LogP contribution < -0.4 is 9.54 Å². The Hall–Kier alpha value is -2.33. The quantitative estimate of drug-likeness (QED) is 0.178. The van der Waals surface area contributed by atoms with Crippen LogP contribution in [-0.2, 0) is 0 Å². The lowest BCUT2D eigenvalue weighted by Crippen LogP contribution is -3.00. The molecule has 1 heterocycles. The number of fused-ring (bicyclic) bond motifs is 1. The number of para-hydroxylation sites is 1. The minimum Gasteiger partial charge on any atom is -1.00 e. The van der Waals surface area contributed by atoms with Gasteiger partial charge in [0.25, 0.3) is 0 Å². The molecule has 2 rings (SSSR count). The number of amidine groups is 1. The van der Waals surface area contributed by atoms with Crippen molar-refractivity contribution in [2.45, 2.75) is 0 Å².